The number of ether oxygens (including phenoxy) is 1. The first-order valence-corrected chi connectivity index (χ1v) is 8.10. The van der Waals surface area contributed by atoms with Crippen LogP contribution < -0.4 is 0 Å². The van der Waals surface area contributed by atoms with E-state index in [1.54, 1.807) is 6.07 Å². The number of aromatic nitrogens is 3. The molecule has 0 N–H and O–H groups in total. The van der Waals surface area contributed by atoms with Crippen LogP contribution in [-0.2, 0) is 4.74 Å². The number of nitrogens with zero attached hydrogens (tertiary/aromatic N) is 4. The minimum Gasteiger partial charge on any atom is -0.381 e. The van der Waals surface area contributed by atoms with E-state index in [1.165, 1.54) is 6.07 Å². The summed E-state index contributed by atoms with van der Waals surface area (Å²) in [5.41, 5.74) is 0.525. The number of rotatable bonds is 3. The Labute approximate surface area is 133 Å². The molecule has 2 aromatic rings. The van der Waals surface area contributed by atoms with Gasteiger partial charge in [-0.1, -0.05) is 5.16 Å². The average Bonchev–Trinajstić information content (AvgIpc) is 3.25. The Balaban J connectivity index is 1.54. The summed E-state index contributed by atoms with van der Waals surface area (Å²) in [6.45, 7) is 2.70. The fourth-order valence-corrected chi connectivity index (χ4v) is 3.49. The van der Waals surface area contributed by atoms with Crippen LogP contribution in [0.15, 0.2) is 22.9 Å². The van der Waals surface area contributed by atoms with E-state index in [4.69, 9.17) is 9.26 Å². The van der Waals surface area contributed by atoms with Crippen LogP contribution in [0.5, 0.6) is 0 Å². The first-order valence-electron chi connectivity index (χ1n) is 8.10. The van der Waals surface area contributed by atoms with Gasteiger partial charge in [0, 0.05) is 19.3 Å². The first-order chi connectivity index (χ1) is 11.3. The van der Waals surface area contributed by atoms with Gasteiger partial charge in [0.1, 0.15) is 11.5 Å². The molecule has 23 heavy (non-hydrogen) atoms. The molecule has 2 aliphatic heterocycles. The largest absolute Gasteiger partial charge is 0.381 e. The summed E-state index contributed by atoms with van der Waals surface area (Å²) in [7, 11) is 0. The molecule has 6 nitrogen and oxygen atoms in total. The molecule has 2 aliphatic rings. The molecule has 2 aromatic heterocycles. The van der Waals surface area contributed by atoms with Gasteiger partial charge in [-0.2, -0.15) is 4.98 Å². The maximum atomic E-state index is 13.0. The van der Waals surface area contributed by atoms with Crippen molar-refractivity contribution in [3.05, 3.63) is 30.0 Å². The maximum absolute atomic E-state index is 13.0. The molecule has 0 spiro atoms. The number of likely N-dealkylation sites (tertiary alicyclic amines) is 1. The van der Waals surface area contributed by atoms with E-state index in [9.17, 15) is 4.39 Å². The van der Waals surface area contributed by atoms with Gasteiger partial charge in [0.25, 0.3) is 0 Å². The smallest absolute Gasteiger partial charge is 0.244 e. The average molecular weight is 318 g/mol. The Morgan fingerprint density at radius 2 is 2.04 bits per heavy atom. The molecule has 0 saturated carbocycles. The van der Waals surface area contributed by atoms with Crippen molar-refractivity contribution < 1.29 is 13.7 Å². The molecule has 4 rings (SSSR count). The van der Waals surface area contributed by atoms with Crippen LogP contribution in [0.4, 0.5) is 4.39 Å². The van der Waals surface area contributed by atoms with Gasteiger partial charge in [-0.3, -0.25) is 4.90 Å². The van der Waals surface area contributed by atoms with Crippen molar-refractivity contribution in [2.45, 2.75) is 37.8 Å². The van der Waals surface area contributed by atoms with Gasteiger partial charge in [-0.05, 0) is 44.4 Å². The Kier molecular flexibility index (Phi) is 4.05. The fourth-order valence-electron chi connectivity index (χ4n) is 3.49. The van der Waals surface area contributed by atoms with Crippen LogP contribution in [0, 0.1) is 5.82 Å². The lowest BCUT2D eigenvalue weighted by molar-refractivity contribution is 0.0243. The van der Waals surface area contributed by atoms with E-state index in [0.717, 1.165) is 51.6 Å². The Morgan fingerprint density at radius 1 is 1.17 bits per heavy atom. The quantitative estimate of drug-likeness (QED) is 0.867. The third kappa shape index (κ3) is 2.98. The van der Waals surface area contributed by atoms with Crippen molar-refractivity contribution >= 4 is 0 Å². The fraction of sp³-hybridized carbons (Fsp3) is 0.562. The molecule has 4 heterocycles. The minimum absolute atomic E-state index is 0.166. The SMILES string of the molecule is Fc1ccc(-c2noc(C3CCCN3C3CCOCC3)n2)nc1. The standard InChI is InChI=1S/C16H19FN4O2/c17-11-3-4-13(18-10-11)15-19-16(23-20-15)14-2-1-7-21(14)12-5-8-22-9-6-12/h3-4,10,12,14H,1-2,5-9H2. The van der Waals surface area contributed by atoms with E-state index in [0.29, 0.717) is 23.5 Å². The molecular formula is C16H19FN4O2. The highest BCUT2D eigenvalue weighted by Crippen LogP contribution is 2.35. The highest BCUT2D eigenvalue weighted by Gasteiger charge is 2.36. The molecule has 0 amide bonds. The molecule has 0 radical (unpaired) electrons. The van der Waals surface area contributed by atoms with Gasteiger partial charge >= 0.3 is 0 Å². The molecule has 0 aromatic carbocycles. The molecule has 122 valence electrons. The van der Waals surface area contributed by atoms with Gasteiger partial charge in [-0.15, -0.1) is 0 Å². The highest BCUT2D eigenvalue weighted by atomic mass is 19.1. The molecule has 2 saturated heterocycles. The summed E-state index contributed by atoms with van der Waals surface area (Å²) in [6.07, 6.45) is 5.42. The molecule has 0 aliphatic carbocycles. The summed E-state index contributed by atoms with van der Waals surface area (Å²) in [5.74, 6) is 0.674. The third-order valence-electron chi connectivity index (χ3n) is 4.64. The van der Waals surface area contributed by atoms with Gasteiger partial charge < -0.3 is 9.26 Å². The van der Waals surface area contributed by atoms with E-state index in [1.807, 2.05) is 0 Å². The lowest BCUT2D eigenvalue weighted by Gasteiger charge is -2.33. The predicted molar refractivity (Wildman–Crippen MR) is 80.0 cm³/mol. The number of halogens is 1. The summed E-state index contributed by atoms with van der Waals surface area (Å²) in [4.78, 5) is 11.0. The summed E-state index contributed by atoms with van der Waals surface area (Å²) >= 11 is 0. The lowest BCUT2D eigenvalue weighted by atomic mass is 10.1. The third-order valence-corrected chi connectivity index (χ3v) is 4.64. The molecule has 1 atom stereocenters. The van der Waals surface area contributed by atoms with Crippen molar-refractivity contribution in [3.63, 3.8) is 0 Å². The van der Waals surface area contributed by atoms with Crippen LogP contribution in [0.2, 0.25) is 0 Å². The molecule has 0 bridgehead atoms. The minimum atomic E-state index is -0.376. The summed E-state index contributed by atoms with van der Waals surface area (Å²) in [5, 5.41) is 4.02. The maximum Gasteiger partial charge on any atom is 0.244 e. The zero-order valence-electron chi connectivity index (χ0n) is 12.8. The summed E-state index contributed by atoms with van der Waals surface area (Å²) in [6, 6.07) is 3.60. The van der Waals surface area contributed by atoms with Crippen molar-refractivity contribution in [2.24, 2.45) is 0 Å². The van der Waals surface area contributed by atoms with Crippen molar-refractivity contribution in [1.82, 2.24) is 20.0 Å². The van der Waals surface area contributed by atoms with Crippen LogP contribution >= 0.6 is 0 Å². The highest BCUT2D eigenvalue weighted by molar-refractivity contribution is 5.47. The van der Waals surface area contributed by atoms with Gasteiger partial charge in [0.05, 0.1) is 12.2 Å². The molecule has 7 heteroatoms. The molecule has 1 unspecified atom stereocenters. The van der Waals surface area contributed by atoms with Crippen LogP contribution in [0.3, 0.4) is 0 Å². The van der Waals surface area contributed by atoms with Crippen molar-refractivity contribution in [3.8, 4) is 11.5 Å². The summed E-state index contributed by atoms with van der Waals surface area (Å²) < 4.78 is 23.9. The Morgan fingerprint density at radius 3 is 2.83 bits per heavy atom. The number of hydrogen-bond acceptors (Lipinski definition) is 6. The van der Waals surface area contributed by atoms with Crippen molar-refractivity contribution in [2.75, 3.05) is 19.8 Å². The Hall–Kier alpha value is -1.86. The van der Waals surface area contributed by atoms with Crippen LogP contribution in [0.1, 0.15) is 37.6 Å². The van der Waals surface area contributed by atoms with Crippen molar-refractivity contribution in [1.29, 1.82) is 0 Å². The zero-order valence-corrected chi connectivity index (χ0v) is 12.8. The van der Waals surface area contributed by atoms with E-state index in [2.05, 4.69) is 20.0 Å². The van der Waals surface area contributed by atoms with Gasteiger partial charge in [-0.25, -0.2) is 9.37 Å². The van der Waals surface area contributed by atoms with Crippen LogP contribution in [-0.4, -0.2) is 45.8 Å². The van der Waals surface area contributed by atoms with E-state index >= 15 is 0 Å². The second kappa shape index (κ2) is 6.33. The van der Waals surface area contributed by atoms with E-state index in [-0.39, 0.29) is 11.9 Å². The molecule has 2 fully saturated rings. The zero-order chi connectivity index (χ0) is 15.6. The monoisotopic (exact) mass is 318 g/mol. The number of pyridine rings is 1. The Bertz CT molecular complexity index is 654. The first kappa shape index (κ1) is 14.7. The second-order valence-corrected chi connectivity index (χ2v) is 6.06. The lowest BCUT2D eigenvalue weighted by Crippen LogP contribution is -2.39. The second-order valence-electron chi connectivity index (χ2n) is 6.06. The number of hydrogen-bond donors (Lipinski definition) is 0. The van der Waals surface area contributed by atoms with Gasteiger partial charge in [0.15, 0.2) is 0 Å². The topological polar surface area (TPSA) is 64.3 Å². The van der Waals surface area contributed by atoms with Crippen LogP contribution in [0.25, 0.3) is 11.5 Å². The normalized spacial score (nSPS) is 23.4. The molecular weight excluding hydrogens is 299 g/mol. The van der Waals surface area contributed by atoms with Gasteiger partial charge in [0.2, 0.25) is 11.7 Å². The van der Waals surface area contributed by atoms with E-state index < -0.39 is 0 Å². The predicted octanol–water partition coefficient (Wildman–Crippen LogP) is 2.59.